The monoisotopic (exact) mass is 266 g/mol. The standard InChI is InChI=1S/C15H14N4O/c1-9-3-4-11(7-13(9)16)15-18-14(19-20-15)12-5-6-17-8-10(12)2/h3-8H,16H2,1-2H3. The lowest BCUT2D eigenvalue weighted by Crippen LogP contribution is -1.90. The number of nitrogens with zero attached hydrogens (tertiary/aromatic N) is 3. The Morgan fingerprint density at radius 2 is 1.95 bits per heavy atom. The predicted octanol–water partition coefficient (Wildman–Crippen LogP) is 3.00. The summed E-state index contributed by atoms with van der Waals surface area (Å²) in [5.74, 6) is 1.02. The SMILES string of the molecule is Cc1ccc(-c2nc(-c3ccncc3C)no2)cc1N. The van der Waals surface area contributed by atoms with Crippen molar-refractivity contribution in [2.75, 3.05) is 5.73 Å². The molecule has 3 rings (SSSR count). The number of benzene rings is 1. The minimum absolute atomic E-state index is 0.461. The zero-order valence-electron chi connectivity index (χ0n) is 11.3. The first kappa shape index (κ1) is 12.3. The molecule has 100 valence electrons. The molecule has 5 heteroatoms. The molecule has 0 aliphatic heterocycles. The number of anilines is 1. The summed E-state index contributed by atoms with van der Waals surface area (Å²) in [4.78, 5) is 8.48. The van der Waals surface area contributed by atoms with E-state index in [1.807, 2.05) is 38.1 Å². The Morgan fingerprint density at radius 1 is 1.10 bits per heavy atom. The molecule has 5 nitrogen and oxygen atoms in total. The highest BCUT2D eigenvalue weighted by molar-refractivity contribution is 5.65. The van der Waals surface area contributed by atoms with Crippen molar-refractivity contribution >= 4 is 5.69 Å². The van der Waals surface area contributed by atoms with Crippen molar-refractivity contribution in [1.29, 1.82) is 0 Å². The predicted molar refractivity (Wildman–Crippen MR) is 76.9 cm³/mol. The fourth-order valence-corrected chi connectivity index (χ4v) is 1.95. The number of nitrogen functional groups attached to an aromatic ring is 1. The Balaban J connectivity index is 2.02. The Hall–Kier alpha value is -2.69. The van der Waals surface area contributed by atoms with Gasteiger partial charge in [-0.1, -0.05) is 11.2 Å². The average Bonchev–Trinajstić information content (AvgIpc) is 2.92. The molecule has 0 saturated carbocycles. The zero-order chi connectivity index (χ0) is 14.1. The molecule has 2 heterocycles. The van der Waals surface area contributed by atoms with E-state index in [-0.39, 0.29) is 0 Å². The van der Waals surface area contributed by atoms with Gasteiger partial charge in [0.15, 0.2) is 0 Å². The van der Waals surface area contributed by atoms with Gasteiger partial charge in [-0.15, -0.1) is 0 Å². The maximum atomic E-state index is 5.90. The van der Waals surface area contributed by atoms with E-state index < -0.39 is 0 Å². The molecule has 0 saturated heterocycles. The van der Waals surface area contributed by atoms with E-state index in [1.165, 1.54) is 0 Å². The van der Waals surface area contributed by atoms with Gasteiger partial charge in [-0.25, -0.2) is 0 Å². The summed E-state index contributed by atoms with van der Waals surface area (Å²) in [5, 5.41) is 4.02. The van der Waals surface area contributed by atoms with Gasteiger partial charge in [-0.05, 0) is 43.2 Å². The van der Waals surface area contributed by atoms with Crippen molar-refractivity contribution in [3.05, 3.63) is 47.8 Å². The van der Waals surface area contributed by atoms with Gasteiger partial charge in [0.25, 0.3) is 5.89 Å². The highest BCUT2D eigenvalue weighted by Gasteiger charge is 2.12. The van der Waals surface area contributed by atoms with Gasteiger partial charge in [-0.3, -0.25) is 4.98 Å². The van der Waals surface area contributed by atoms with Gasteiger partial charge < -0.3 is 10.3 Å². The van der Waals surface area contributed by atoms with E-state index in [4.69, 9.17) is 10.3 Å². The van der Waals surface area contributed by atoms with Gasteiger partial charge in [0, 0.05) is 29.2 Å². The normalized spacial score (nSPS) is 10.7. The van der Waals surface area contributed by atoms with Gasteiger partial charge >= 0.3 is 0 Å². The van der Waals surface area contributed by atoms with Gasteiger partial charge in [-0.2, -0.15) is 4.98 Å². The van der Waals surface area contributed by atoms with Crippen LogP contribution in [0, 0.1) is 13.8 Å². The molecule has 0 atom stereocenters. The van der Waals surface area contributed by atoms with Gasteiger partial charge in [0.2, 0.25) is 5.82 Å². The van der Waals surface area contributed by atoms with E-state index in [0.717, 1.165) is 22.3 Å². The van der Waals surface area contributed by atoms with Crippen molar-refractivity contribution in [3.8, 4) is 22.8 Å². The third kappa shape index (κ3) is 2.14. The Bertz CT molecular complexity index is 764. The maximum absolute atomic E-state index is 5.90. The number of pyridine rings is 1. The summed E-state index contributed by atoms with van der Waals surface area (Å²) in [7, 11) is 0. The summed E-state index contributed by atoms with van der Waals surface area (Å²) in [6, 6.07) is 7.56. The number of nitrogens with two attached hydrogens (primary N) is 1. The van der Waals surface area contributed by atoms with Crippen LogP contribution in [0.3, 0.4) is 0 Å². The summed E-state index contributed by atoms with van der Waals surface area (Å²) in [5.41, 5.74) is 10.4. The molecule has 0 radical (unpaired) electrons. The Morgan fingerprint density at radius 3 is 2.70 bits per heavy atom. The molecular weight excluding hydrogens is 252 g/mol. The number of rotatable bonds is 2. The highest BCUT2D eigenvalue weighted by atomic mass is 16.5. The minimum atomic E-state index is 0.461. The Labute approximate surface area is 116 Å². The van der Waals surface area contributed by atoms with Crippen LogP contribution in [0.5, 0.6) is 0 Å². The molecule has 0 unspecified atom stereocenters. The third-order valence-corrected chi connectivity index (χ3v) is 3.21. The summed E-state index contributed by atoms with van der Waals surface area (Å²) in [6.07, 6.45) is 3.48. The number of aromatic nitrogens is 3. The summed E-state index contributed by atoms with van der Waals surface area (Å²) < 4.78 is 5.32. The van der Waals surface area contributed by atoms with E-state index in [1.54, 1.807) is 12.4 Å². The molecule has 0 spiro atoms. The quantitative estimate of drug-likeness (QED) is 0.721. The van der Waals surface area contributed by atoms with Gasteiger partial charge in [0.05, 0.1) is 0 Å². The molecule has 0 fully saturated rings. The first-order valence-corrected chi connectivity index (χ1v) is 6.26. The second-order valence-electron chi connectivity index (χ2n) is 4.69. The number of hydrogen-bond acceptors (Lipinski definition) is 5. The molecule has 3 aromatic rings. The van der Waals surface area contributed by atoms with Crippen molar-refractivity contribution in [2.24, 2.45) is 0 Å². The van der Waals surface area contributed by atoms with Crippen LogP contribution in [-0.4, -0.2) is 15.1 Å². The van der Waals surface area contributed by atoms with Crippen molar-refractivity contribution in [1.82, 2.24) is 15.1 Å². The third-order valence-electron chi connectivity index (χ3n) is 3.21. The molecule has 2 aromatic heterocycles. The van der Waals surface area contributed by atoms with Crippen LogP contribution >= 0.6 is 0 Å². The smallest absolute Gasteiger partial charge is 0.258 e. The molecule has 0 amide bonds. The van der Waals surface area contributed by atoms with Crippen molar-refractivity contribution in [2.45, 2.75) is 13.8 Å². The first-order chi connectivity index (χ1) is 9.65. The van der Waals surface area contributed by atoms with Crippen LogP contribution in [-0.2, 0) is 0 Å². The fourth-order valence-electron chi connectivity index (χ4n) is 1.95. The average molecular weight is 266 g/mol. The molecule has 20 heavy (non-hydrogen) atoms. The summed E-state index contributed by atoms with van der Waals surface area (Å²) >= 11 is 0. The van der Waals surface area contributed by atoms with Crippen LogP contribution in [0.2, 0.25) is 0 Å². The second kappa shape index (κ2) is 4.77. The van der Waals surface area contributed by atoms with E-state index in [0.29, 0.717) is 17.4 Å². The lowest BCUT2D eigenvalue weighted by Gasteiger charge is -2.00. The molecule has 1 aromatic carbocycles. The van der Waals surface area contributed by atoms with Crippen LogP contribution in [0.15, 0.2) is 41.2 Å². The molecule has 2 N–H and O–H groups in total. The first-order valence-electron chi connectivity index (χ1n) is 6.26. The molecule has 0 aliphatic rings. The number of aryl methyl sites for hydroxylation is 2. The lowest BCUT2D eigenvalue weighted by molar-refractivity contribution is 0.432. The largest absolute Gasteiger partial charge is 0.398 e. The summed E-state index contributed by atoms with van der Waals surface area (Å²) in [6.45, 7) is 3.92. The van der Waals surface area contributed by atoms with Crippen LogP contribution < -0.4 is 5.73 Å². The topological polar surface area (TPSA) is 77.8 Å². The Kier molecular flexibility index (Phi) is 2.95. The number of hydrogen-bond donors (Lipinski definition) is 1. The van der Waals surface area contributed by atoms with Crippen LogP contribution in [0.25, 0.3) is 22.8 Å². The van der Waals surface area contributed by atoms with E-state index >= 15 is 0 Å². The molecule has 0 bridgehead atoms. The highest BCUT2D eigenvalue weighted by Crippen LogP contribution is 2.25. The van der Waals surface area contributed by atoms with E-state index in [9.17, 15) is 0 Å². The molecular formula is C15H14N4O. The fraction of sp³-hybridized carbons (Fsp3) is 0.133. The molecule has 0 aliphatic carbocycles. The maximum Gasteiger partial charge on any atom is 0.258 e. The van der Waals surface area contributed by atoms with Gasteiger partial charge in [0.1, 0.15) is 0 Å². The lowest BCUT2D eigenvalue weighted by atomic mass is 10.1. The van der Waals surface area contributed by atoms with Crippen molar-refractivity contribution < 1.29 is 4.52 Å². The van der Waals surface area contributed by atoms with Crippen molar-refractivity contribution in [3.63, 3.8) is 0 Å². The second-order valence-corrected chi connectivity index (χ2v) is 4.69. The van der Waals surface area contributed by atoms with E-state index in [2.05, 4.69) is 15.1 Å². The zero-order valence-corrected chi connectivity index (χ0v) is 11.3. The van der Waals surface area contributed by atoms with Crippen LogP contribution in [0.4, 0.5) is 5.69 Å². The van der Waals surface area contributed by atoms with Crippen LogP contribution in [0.1, 0.15) is 11.1 Å². The minimum Gasteiger partial charge on any atom is -0.398 e.